The maximum atomic E-state index is 16.0. The Balaban J connectivity index is 1.68. The summed E-state index contributed by atoms with van der Waals surface area (Å²) in [6.45, 7) is 2.49. The van der Waals surface area contributed by atoms with E-state index in [9.17, 15) is 36.0 Å². The number of halogens is 4. The van der Waals surface area contributed by atoms with Crippen molar-refractivity contribution in [2.24, 2.45) is 5.92 Å². The summed E-state index contributed by atoms with van der Waals surface area (Å²) in [6, 6.07) is 10.9. The molecule has 52 heavy (non-hydrogen) atoms. The van der Waals surface area contributed by atoms with E-state index in [1.165, 1.54) is 64.6 Å². The third-order valence-corrected chi connectivity index (χ3v) is 11.0. The number of aromatic nitrogens is 1. The van der Waals surface area contributed by atoms with Crippen molar-refractivity contribution in [1.29, 1.82) is 0 Å². The molecule has 1 amide bonds. The molecule has 5 rings (SSSR count). The topological polar surface area (TPSA) is 167 Å². The molecule has 1 fully saturated rings. The molecule has 1 aliphatic rings. The van der Waals surface area contributed by atoms with Gasteiger partial charge in [0, 0.05) is 35.4 Å². The summed E-state index contributed by atoms with van der Waals surface area (Å²) in [6.07, 6.45) is -4.38. The molecule has 3 aromatic carbocycles. The number of pyridine rings is 1. The first-order chi connectivity index (χ1) is 24.5. The standard InChI is InChI=1S/C35H34F4N4O8S/c1-18(2)52(47,48)28-8-6-5-7-22(28)30-23(33(45)51-34(46)35(37,38)39)12-14-43(30)32(44)29(24-16-26(49-3)27(50-4)17-25(24)36)42-20-9-10-21-19(15-20)11-13-41-31(21)40/h5-11,13,15-18,23,29-30,42H,12,14H2,1-4H3,(H2,40,41)/t23?,29-,30?/m0/s1. The van der Waals surface area contributed by atoms with Gasteiger partial charge in [0.05, 0.1) is 36.3 Å². The van der Waals surface area contributed by atoms with Gasteiger partial charge in [-0.3, -0.25) is 9.59 Å². The van der Waals surface area contributed by atoms with Crippen LogP contribution in [0.4, 0.5) is 29.1 Å². The highest BCUT2D eigenvalue weighted by atomic mass is 32.2. The van der Waals surface area contributed by atoms with Crippen molar-refractivity contribution in [3.8, 4) is 11.5 Å². The van der Waals surface area contributed by atoms with Crippen LogP contribution in [-0.4, -0.2) is 68.3 Å². The third kappa shape index (κ3) is 7.30. The summed E-state index contributed by atoms with van der Waals surface area (Å²) >= 11 is 0. The molecule has 2 unspecified atom stereocenters. The fraction of sp³-hybridized carbons (Fsp3) is 0.314. The first-order valence-electron chi connectivity index (χ1n) is 15.8. The summed E-state index contributed by atoms with van der Waals surface area (Å²) < 4.78 is 97.4. The molecular weight excluding hydrogens is 712 g/mol. The molecule has 0 spiro atoms. The van der Waals surface area contributed by atoms with Crippen LogP contribution in [0.15, 0.2) is 71.8 Å². The number of methoxy groups -OCH3 is 2. The van der Waals surface area contributed by atoms with Gasteiger partial charge in [-0.2, -0.15) is 13.2 Å². The molecule has 3 N–H and O–H groups in total. The van der Waals surface area contributed by atoms with Crippen molar-refractivity contribution in [2.75, 3.05) is 31.8 Å². The molecular formula is C35H34F4N4O8S. The highest BCUT2D eigenvalue weighted by Gasteiger charge is 2.50. The molecule has 0 saturated carbocycles. The molecule has 276 valence electrons. The molecule has 1 saturated heterocycles. The molecule has 2 heterocycles. The van der Waals surface area contributed by atoms with Gasteiger partial charge in [-0.05, 0) is 67.6 Å². The average molecular weight is 747 g/mol. The van der Waals surface area contributed by atoms with E-state index in [1.54, 1.807) is 24.3 Å². The minimum atomic E-state index is -5.52. The monoisotopic (exact) mass is 746 g/mol. The van der Waals surface area contributed by atoms with Crippen LogP contribution in [0.25, 0.3) is 10.8 Å². The van der Waals surface area contributed by atoms with Gasteiger partial charge >= 0.3 is 18.1 Å². The number of carbonyl (C=O) groups is 3. The number of hydrogen-bond donors (Lipinski definition) is 2. The number of rotatable bonds is 10. The number of sulfone groups is 1. The van der Waals surface area contributed by atoms with Crippen molar-refractivity contribution >= 4 is 50.0 Å². The maximum Gasteiger partial charge on any atom is 0.491 e. The number of nitrogens with one attached hydrogen (secondary N) is 1. The zero-order chi connectivity index (χ0) is 38.1. The van der Waals surface area contributed by atoms with Crippen LogP contribution in [0.2, 0.25) is 0 Å². The number of carbonyl (C=O) groups excluding carboxylic acids is 3. The Kier molecular flexibility index (Phi) is 10.6. The van der Waals surface area contributed by atoms with Crippen LogP contribution in [0, 0.1) is 11.7 Å². The van der Waals surface area contributed by atoms with E-state index < -0.39 is 62.9 Å². The second-order valence-electron chi connectivity index (χ2n) is 12.1. The van der Waals surface area contributed by atoms with E-state index in [0.29, 0.717) is 16.5 Å². The van der Waals surface area contributed by atoms with Crippen molar-refractivity contribution in [2.45, 2.75) is 48.7 Å². The van der Waals surface area contributed by atoms with E-state index >= 15 is 4.39 Å². The summed E-state index contributed by atoms with van der Waals surface area (Å²) in [5.41, 5.74) is 5.94. The Hall–Kier alpha value is -5.45. The lowest BCUT2D eigenvalue weighted by atomic mass is 9.93. The quantitative estimate of drug-likeness (QED) is 0.119. The Labute approximate surface area is 295 Å². The second kappa shape index (κ2) is 14.7. The first-order valence-corrected chi connectivity index (χ1v) is 17.3. The number of ether oxygens (including phenoxy) is 3. The molecule has 3 atom stereocenters. The smallest absolute Gasteiger partial charge is 0.491 e. The Morgan fingerprint density at radius 3 is 2.33 bits per heavy atom. The minimum Gasteiger partial charge on any atom is -0.493 e. The molecule has 1 aromatic heterocycles. The van der Waals surface area contributed by atoms with E-state index in [2.05, 4.69) is 15.0 Å². The third-order valence-electron chi connectivity index (χ3n) is 8.74. The average Bonchev–Trinajstić information content (AvgIpc) is 3.55. The van der Waals surface area contributed by atoms with E-state index in [4.69, 9.17) is 15.2 Å². The Bertz CT molecular complexity index is 2150. The van der Waals surface area contributed by atoms with Crippen molar-refractivity contribution in [1.82, 2.24) is 9.88 Å². The normalized spacial score (nSPS) is 16.8. The molecule has 0 radical (unpaired) electrons. The predicted octanol–water partition coefficient (Wildman–Crippen LogP) is 5.53. The molecule has 4 aromatic rings. The summed E-state index contributed by atoms with van der Waals surface area (Å²) in [7, 11) is -1.53. The number of esters is 2. The van der Waals surface area contributed by atoms with E-state index in [-0.39, 0.29) is 46.3 Å². The number of amides is 1. The van der Waals surface area contributed by atoms with Crippen molar-refractivity contribution in [3.63, 3.8) is 0 Å². The van der Waals surface area contributed by atoms with Gasteiger partial charge < -0.3 is 30.2 Å². The van der Waals surface area contributed by atoms with Gasteiger partial charge in [-0.25, -0.2) is 22.6 Å². The highest BCUT2D eigenvalue weighted by Crippen LogP contribution is 2.44. The van der Waals surface area contributed by atoms with Crippen LogP contribution < -0.4 is 20.5 Å². The molecule has 0 aliphatic carbocycles. The van der Waals surface area contributed by atoms with Crippen LogP contribution in [-0.2, 0) is 29.0 Å². The van der Waals surface area contributed by atoms with Gasteiger partial charge in [0.25, 0.3) is 0 Å². The minimum absolute atomic E-state index is 0.00707. The number of benzene rings is 3. The zero-order valence-electron chi connectivity index (χ0n) is 28.2. The second-order valence-corrected chi connectivity index (χ2v) is 14.6. The van der Waals surface area contributed by atoms with Gasteiger partial charge in [0.1, 0.15) is 17.7 Å². The van der Waals surface area contributed by atoms with Crippen LogP contribution in [0.1, 0.15) is 43.5 Å². The number of likely N-dealkylation sites (tertiary alicyclic amines) is 1. The van der Waals surface area contributed by atoms with Crippen molar-refractivity contribution < 1.29 is 54.6 Å². The van der Waals surface area contributed by atoms with Gasteiger partial charge in [-0.15, -0.1) is 0 Å². The van der Waals surface area contributed by atoms with E-state index in [1.807, 2.05) is 0 Å². The molecule has 12 nitrogen and oxygen atoms in total. The lowest BCUT2D eigenvalue weighted by Gasteiger charge is -2.33. The van der Waals surface area contributed by atoms with Gasteiger partial charge in [-0.1, -0.05) is 18.2 Å². The fourth-order valence-electron chi connectivity index (χ4n) is 6.12. The summed E-state index contributed by atoms with van der Waals surface area (Å²) in [5, 5.41) is 3.24. The number of anilines is 2. The molecule has 0 bridgehead atoms. The fourth-order valence-corrected chi connectivity index (χ4v) is 7.41. The largest absolute Gasteiger partial charge is 0.493 e. The lowest BCUT2D eigenvalue weighted by molar-refractivity contribution is -0.203. The van der Waals surface area contributed by atoms with E-state index in [0.717, 1.165) is 11.0 Å². The number of nitrogens with two attached hydrogens (primary N) is 1. The number of fused-ring (bicyclic) bond motifs is 1. The predicted molar refractivity (Wildman–Crippen MR) is 181 cm³/mol. The SMILES string of the molecule is COc1cc(F)c([C@H](Nc2ccc3c(N)nccc3c2)C(=O)N2CCC(C(=O)OC(=O)C(F)(F)F)C2c2ccccc2S(=O)(=O)C(C)C)cc1OC. The molecule has 1 aliphatic heterocycles. The number of nitrogens with zero attached hydrogens (tertiary/aromatic N) is 2. The van der Waals surface area contributed by atoms with Gasteiger partial charge in [0.15, 0.2) is 21.3 Å². The zero-order valence-corrected chi connectivity index (χ0v) is 29.0. The highest BCUT2D eigenvalue weighted by molar-refractivity contribution is 7.92. The molecule has 17 heteroatoms. The van der Waals surface area contributed by atoms with Gasteiger partial charge in [0.2, 0.25) is 5.91 Å². The van der Waals surface area contributed by atoms with Crippen molar-refractivity contribution in [3.05, 3.63) is 83.8 Å². The number of alkyl halides is 3. The van der Waals surface area contributed by atoms with Crippen LogP contribution >= 0.6 is 0 Å². The summed E-state index contributed by atoms with van der Waals surface area (Å²) in [5.74, 6) is -7.56. The maximum absolute atomic E-state index is 16.0. The first kappa shape index (κ1) is 37.8. The Morgan fingerprint density at radius 1 is 1.00 bits per heavy atom. The summed E-state index contributed by atoms with van der Waals surface area (Å²) in [4.78, 5) is 44.7. The number of nitrogen functional groups attached to an aromatic ring is 1. The van der Waals surface area contributed by atoms with Crippen LogP contribution in [0.5, 0.6) is 11.5 Å². The van der Waals surface area contributed by atoms with Crippen LogP contribution in [0.3, 0.4) is 0 Å². The number of hydrogen-bond acceptors (Lipinski definition) is 11. The Morgan fingerprint density at radius 2 is 1.67 bits per heavy atom. The lowest BCUT2D eigenvalue weighted by Crippen LogP contribution is -2.41.